The highest BCUT2D eigenvalue weighted by Gasteiger charge is 2.05. The van der Waals surface area contributed by atoms with Crippen molar-refractivity contribution in [2.75, 3.05) is 10.6 Å². The van der Waals surface area contributed by atoms with Crippen molar-refractivity contribution in [2.45, 2.75) is 20.8 Å². The van der Waals surface area contributed by atoms with E-state index in [1.54, 1.807) is 12.1 Å². The molecule has 24 heavy (non-hydrogen) atoms. The number of hydrogen-bond acceptors (Lipinski definition) is 4. The molecule has 0 aliphatic rings. The Morgan fingerprint density at radius 2 is 1.46 bits per heavy atom. The molecule has 0 aliphatic carbocycles. The van der Waals surface area contributed by atoms with Gasteiger partial charge < -0.3 is 10.6 Å². The number of nitrogens with one attached hydrogen (secondary N) is 2. The monoisotopic (exact) mass is 322 g/mol. The largest absolute Gasteiger partial charge is 0.340 e. The molecule has 3 rings (SSSR count). The first-order valence-corrected chi connectivity index (χ1v) is 7.72. The van der Waals surface area contributed by atoms with Crippen LogP contribution >= 0.6 is 0 Å². The lowest BCUT2D eigenvalue weighted by molar-refractivity contribution is 0.628. The molecule has 0 radical (unpaired) electrons. The zero-order valence-corrected chi connectivity index (χ0v) is 13.9. The van der Waals surface area contributed by atoms with Gasteiger partial charge in [0.05, 0.1) is 0 Å². The molecule has 0 saturated heterocycles. The number of aryl methyl sites for hydroxylation is 3. The van der Waals surface area contributed by atoms with Crippen LogP contribution < -0.4 is 10.6 Å². The van der Waals surface area contributed by atoms with Gasteiger partial charge in [0.2, 0.25) is 5.95 Å². The molecule has 0 spiro atoms. The van der Waals surface area contributed by atoms with Gasteiger partial charge in [0.25, 0.3) is 0 Å². The minimum atomic E-state index is -0.275. The minimum Gasteiger partial charge on any atom is -0.340 e. The van der Waals surface area contributed by atoms with Crippen LogP contribution in [0.25, 0.3) is 0 Å². The van der Waals surface area contributed by atoms with E-state index in [0.717, 1.165) is 17.1 Å². The van der Waals surface area contributed by atoms with Gasteiger partial charge in [0, 0.05) is 23.1 Å². The third-order valence-corrected chi connectivity index (χ3v) is 3.73. The average Bonchev–Trinajstić information content (AvgIpc) is 2.53. The van der Waals surface area contributed by atoms with Gasteiger partial charge in [-0.2, -0.15) is 4.98 Å². The molecule has 0 unspecified atom stereocenters. The highest BCUT2D eigenvalue weighted by Crippen LogP contribution is 2.21. The maximum Gasteiger partial charge on any atom is 0.229 e. The van der Waals surface area contributed by atoms with E-state index in [4.69, 9.17) is 0 Å². The van der Waals surface area contributed by atoms with Gasteiger partial charge in [-0.3, -0.25) is 0 Å². The van der Waals surface area contributed by atoms with Crippen molar-refractivity contribution >= 4 is 23.1 Å². The molecule has 0 saturated carbocycles. The van der Waals surface area contributed by atoms with Gasteiger partial charge in [-0.05, 0) is 68.3 Å². The predicted molar refractivity (Wildman–Crippen MR) is 95.7 cm³/mol. The summed E-state index contributed by atoms with van der Waals surface area (Å²) in [7, 11) is 0. The molecule has 4 nitrogen and oxygen atoms in total. The van der Waals surface area contributed by atoms with Crippen molar-refractivity contribution < 1.29 is 4.39 Å². The molecule has 0 atom stereocenters. The highest BCUT2D eigenvalue weighted by molar-refractivity contribution is 5.61. The van der Waals surface area contributed by atoms with Crippen LogP contribution in [-0.2, 0) is 0 Å². The Labute approximate surface area is 140 Å². The summed E-state index contributed by atoms with van der Waals surface area (Å²) in [4.78, 5) is 8.84. The zero-order valence-electron chi connectivity index (χ0n) is 13.9. The van der Waals surface area contributed by atoms with Crippen LogP contribution in [-0.4, -0.2) is 9.97 Å². The maximum atomic E-state index is 13.0. The van der Waals surface area contributed by atoms with Crippen LogP contribution in [0.4, 0.5) is 27.5 Å². The number of benzene rings is 2. The summed E-state index contributed by atoms with van der Waals surface area (Å²) in [5.74, 6) is 0.895. The Bertz CT molecular complexity index is 860. The van der Waals surface area contributed by atoms with E-state index in [2.05, 4.69) is 46.6 Å². The molecular formula is C19H19FN4. The number of hydrogen-bond donors (Lipinski definition) is 2. The Balaban J connectivity index is 1.82. The lowest BCUT2D eigenvalue weighted by atomic mass is 10.1. The Morgan fingerprint density at radius 1 is 0.750 bits per heavy atom. The lowest BCUT2D eigenvalue weighted by Crippen LogP contribution is -2.02. The number of anilines is 4. The van der Waals surface area contributed by atoms with Gasteiger partial charge in [0.15, 0.2) is 0 Å². The van der Waals surface area contributed by atoms with Crippen LogP contribution in [0, 0.1) is 26.6 Å². The van der Waals surface area contributed by atoms with E-state index >= 15 is 0 Å². The Hall–Kier alpha value is -2.95. The normalized spacial score (nSPS) is 10.5. The minimum absolute atomic E-state index is 0.275. The first kappa shape index (κ1) is 15.9. The van der Waals surface area contributed by atoms with Crippen molar-refractivity contribution in [1.82, 2.24) is 9.97 Å². The molecule has 0 bridgehead atoms. The molecule has 1 heterocycles. The zero-order chi connectivity index (χ0) is 17.1. The number of halogens is 1. The van der Waals surface area contributed by atoms with Gasteiger partial charge in [-0.25, -0.2) is 9.37 Å². The van der Waals surface area contributed by atoms with Crippen LogP contribution in [0.2, 0.25) is 0 Å². The molecule has 2 aromatic carbocycles. The second-order valence-corrected chi connectivity index (χ2v) is 5.77. The fraction of sp³-hybridized carbons (Fsp3) is 0.158. The summed E-state index contributed by atoms with van der Waals surface area (Å²) < 4.78 is 13.0. The first-order chi connectivity index (χ1) is 11.5. The summed E-state index contributed by atoms with van der Waals surface area (Å²) in [5.41, 5.74) is 5.01. The van der Waals surface area contributed by atoms with Gasteiger partial charge in [0.1, 0.15) is 11.6 Å². The van der Waals surface area contributed by atoms with Crippen LogP contribution in [0.3, 0.4) is 0 Å². The summed E-state index contributed by atoms with van der Waals surface area (Å²) in [5, 5.41) is 6.39. The van der Waals surface area contributed by atoms with E-state index in [1.165, 1.54) is 23.3 Å². The topological polar surface area (TPSA) is 49.8 Å². The second kappa shape index (κ2) is 6.66. The molecule has 0 aliphatic heterocycles. The molecular weight excluding hydrogens is 303 g/mol. The van der Waals surface area contributed by atoms with E-state index < -0.39 is 0 Å². The quantitative estimate of drug-likeness (QED) is 0.707. The Kier molecular flexibility index (Phi) is 4.42. The van der Waals surface area contributed by atoms with Crippen molar-refractivity contribution in [2.24, 2.45) is 0 Å². The Morgan fingerprint density at radius 3 is 2.17 bits per heavy atom. The SMILES string of the molecule is Cc1cc(Nc2ccc(C)c(C)c2)nc(Nc2ccc(F)cc2)n1. The van der Waals surface area contributed by atoms with Gasteiger partial charge in [-0.15, -0.1) is 0 Å². The van der Waals surface area contributed by atoms with E-state index in [0.29, 0.717) is 11.8 Å². The van der Waals surface area contributed by atoms with E-state index in [-0.39, 0.29) is 5.82 Å². The molecule has 122 valence electrons. The highest BCUT2D eigenvalue weighted by atomic mass is 19.1. The van der Waals surface area contributed by atoms with Crippen molar-refractivity contribution in [1.29, 1.82) is 0 Å². The van der Waals surface area contributed by atoms with E-state index in [1.807, 2.05) is 19.1 Å². The van der Waals surface area contributed by atoms with Gasteiger partial charge in [-0.1, -0.05) is 6.07 Å². The number of aromatic nitrogens is 2. The van der Waals surface area contributed by atoms with Crippen molar-refractivity contribution in [3.8, 4) is 0 Å². The summed E-state index contributed by atoms with van der Waals surface area (Å²) in [6, 6.07) is 14.1. The molecule has 2 N–H and O–H groups in total. The maximum absolute atomic E-state index is 13.0. The standard InChI is InChI=1S/C19H19FN4/c1-12-4-7-17(10-13(12)2)22-18-11-14(3)21-19(24-18)23-16-8-5-15(20)6-9-16/h4-11H,1-3H3,(H2,21,22,23,24). The third kappa shape index (κ3) is 3.87. The van der Waals surface area contributed by atoms with Gasteiger partial charge >= 0.3 is 0 Å². The molecule has 1 aromatic heterocycles. The fourth-order valence-corrected chi connectivity index (χ4v) is 2.32. The second-order valence-electron chi connectivity index (χ2n) is 5.77. The molecule has 5 heteroatoms. The van der Waals surface area contributed by atoms with Crippen LogP contribution in [0.15, 0.2) is 48.5 Å². The third-order valence-electron chi connectivity index (χ3n) is 3.73. The first-order valence-electron chi connectivity index (χ1n) is 7.72. The van der Waals surface area contributed by atoms with Crippen LogP contribution in [0.1, 0.15) is 16.8 Å². The van der Waals surface area contributed by atoms with Crippen molar-refractivity contribution in [3.63, 3.8) is 0 Å². The van der Waals surface area contributed by atoms with E-state index in [9.17, 15) is 4.39 Å². The summed E-state index contributed by atoms with van der Waals surface area (Å²) in [6.45, 7) is 6.06. The smallest absolute Gasteiger partial charge is 0.229 e. The summed E-state index contributed by atoms with van der Waals surface area (Å²) >= 11 is 0. The molecule has 0 amide bonds. The molecule has 3 aromatic rings. The van der Waals surface area contributed by atoms with Crippen LogP contribution in [0.5, 0.6) is 0 Å². The number of nitrogens with zero attached hydrogens (tertiary/aromatic N) is 2. The fourth-order valence-electron chi connectivity index (χ4n) is 2.32. The summed E-state index contributed by atoms with van der Waals surface area (Å²) in [6.07, 6.45) is 0. The van der Waals surface area contributed by atoms with Crippen molar-refractivity contribution in [3.05, 3.63) is 71.2 Å². The average molecular weight is 322 g/mol. The number of rotatable bonds is 4. The predicted octanol–water partition coefficient (Wildman–Crippen LogP) is 5.03. The molecule has 0 fully saturated rings. The lowest BCUT2D eigenvalue weighted by Gasteiger charge is -2.11.